The first-order chi connectivity index (χ1) is 7.04. The van der Waals surface area contributed by atoms with E-state index in [1.54, 1.807) is 19.4 Å². The maximum Gasteiger partial charge on any atom is 0.242 e. The van der Waals surface area contributed by atoms with Crippen LogP contribution in [-0.4, -0.2) is 29.8 Å². The molecule has 0 aliphatic carbocycles. The lowest BCUT2D eigenvalue weighted by atomic mass is 10.3. The number of nitrogens with zero attached hydrogens (tertiary/aromatic N) is 1. The standard InChI is InChI=1S/C9H13N3O2S/c1-5(10-3)8(14)12-9-11-7(4-15-9)6(2)13/h4-5,10H,1-3H3,(H,11,12,14). The fourth-order valence-electron chi connectivity index (χ4n) is 0.838. The van der Waals surface area contributed by atoms with Gasteiger partial charge in [0, 0.05) is 12.3 Å². The van der Waals surface area contributed by atoms with Crippen LogP contribution in [0.15, 0.2) is 5.38 Å². The van der Waals surface area contributed by atoms with Gasteiger partial charge in [0.2, 0.25) is 5.91 Å². The molecule has 0 saturated heterocycles. The van der Waals surface area contributed by atoms with Crippen molar-refractivity contribution in [2.24, 2.45) is 0 Å². The van der Waals surface area contributed by atoms with Crippen molar-refractivity contribution < 1.29 is 9.59 Å². The minimum atomic E-state index is -0.283. The molecule has 1 aromatic rings. The Balaban J connectivity index is 2.65. The summed E-state index contributed by atoms with van der Waals surface area (Å²) in [5, 5.41) is 7.51. The summed E-state index contributed by atoms with van der Waals surface area (Å²) in [6.07, 6.45) is 0. The maximum atomic E-state index is 11.4. The van der Waals surface area contributed by atoms with Crippen molar-refractivity contribution in [3.05, 3.63) is 11.1 Å². The molecule has 0 aliphatic rings. The SMILES string of the molecule is CNC(C)C(=O)Nc1nc(C(C)=O)cs1. The number of thiazole rings is 1. The number of amides is 1. The van der Waals surface area contributed by atoms with Gasteiger partial charge in [-0.25, -0.2) is 4.98 Å². The van der Waals surface area contributed by atoms with Crippen molar-refractivity contribution in [2.45, 2.75) is 19.9 Å². The fourth-order valence-corrected chi connectivity index (χ4v) is 1.59. The Morgan fingerprint density at radius 2 is 2.20 bits per heavy atom. The molecule has 0 aliphatic heterocycles. The number of anilines is 1. The molecule has 1 aromatic heterocycles. The summed E-state index contributed by atoms with van der Waals surface area (Å²) in [5.41, 5.74) is 0.382. The molecule has 0 radical (unpaired) electrons. The van der Waals surface area contributed by atoms with E-state index in [4.69, 9.17) is 0 Å². The van der Waals surface area contributed by atoms with Gasteiger partial charge in [0.25, 0.3) is 0 Å². The Morgan fingerprint density at radius 3 is 2.67 bits per heavy atom. The van der Waals surface area contributed by atoms with E-state index in [1.165, 1.54) is 18.3 Å². The molecule has 0 aromatic carbocycles. The number of nitrogens with one attached hydrogen (secondary N) is 2. The van der Waals surface area contributed by atoms with E-state index in [1.807, 2.05) is 0 Å². The summed E-state index contributed by atoms with van der Waals surface area (Å²) in [5.74, 6) is -0.268. The molecule has 0 spiro atoms. The van der Waals surface area contributed by atoms with Crippen molar-refractivity contribution in [3.8, 4) is 0 Å². The lowest BCUT2D eigenvalue weighted by Gasteiger charge is -2.08. The Kier molecular flexibility index (Phi) is 3.93. The number of hydrogen-bond acceptors (Lipinski definition) is 5. The van der Waals surface area contributed by atoms with Gasteiger partial charge in [-0.15, -0.1) is 11.3 Å². The van der Waals surface area contributed by atoms with Crippen LogP contribution in [0, 0.1) is 0 Å². The number of Topliss-reactive ketones (excluding diaryl/α,β-unsaturated/α-hetero) is 1. The molecular weight excluding hydrogens is 214 g/mol. The zero-order chi connectivity index (χ0) is 11.4. The topological polar surface area (TPSA) is 71.1 Å². The van der Waals surface area contributed by atoms with Gasteiger partial charge in [-0.1, -0.05) is 0 Å². The summed E-state index contributed by atoms with van der Waals surface area (Å²) in [6.45, 7) is 3.19. The second-order valence-corrected chi connectivity index (χ2v) is 3.95. The molecule has 1 unspecified atom stereocenters. The molecule has 1 heterocycles. The zero-order valence-corrected chi connectivity index (χ0v) is 9.64. The largest absolute Gasteiger partial charge is 0.309 e. The van der Waals surface area contributed by atoms with Gasteiger partial charge in [-0.3, -0.25) is 9.59 Å². The van der Waals surface area contributed by atoms with E-state index in [-0.39, 0.29) is 17.7 Å². The normalized spacial score (nSPS) is 12.2. The summed E-state index contributed by atoms with van der Waals surface area (Å²) < 4.78 is 0. The Bertz CT molecular complexity index is 375. The number of carbonyl (C=O) groups excluding carboxylic acids is 2. The first-order valence-corrected chi connectivity index (χ1v) is 5.37. The zero-order valence-electron chi connectivity index (χ0n) is 8.83. The van der Waals surface area contributed by atoms with Crippen LogP contribution in [0.5, 0.6) is 0 Å². The molecule has 1 amide bonds. The molecule has 0 bridgehead atoms. The maximum absolute atomic E-state index is 11.4. The van der Waals surface area contributed by atoms with Crippen LogP contribution < -0.4 is 10.6 Å². The number of rotatable bonds is 4. The fraction of sp³-hybridized carbons (Fsp3) is 0.444. The van der Waals surface area contributed by atoms with Gasteiger partial charge in [-0.05, 0) is 14.0 Å². The summed E-state index contributed by atoms with van der Waals surface area (Å²) in [6, 6.07) is -0.283. The average Bonchev–Trinajstić information content (AvgIpc) is 2.65. The number of ketones is 1. The van der Waals surface area contributed by atoms with Gasteiger partial charge in [0.1, 0.15) is 5.69 Å². The highest BCUT2D eigenvalue weighted by Crippen LogP contribution is 2.15. The molecule has 0 saturated carbocycles. The second-order valence-electron chi connectivity index (χ2n) is 3.09. The third-order valence-corrected chi connectivity index (χ3v) is 2.68. The Labute approximate surface area is 91.9 Å². The Morgan fingerprint density at radius 1 is 1.53 bits per heavy atom. The molecule has 82 valence electrons. The van der Waals surface area contributed by atoms with E-state index in [0.717, 1.165) is 0 Å². The number of hydrogen-bond donors (Lipinski definition) is 2. The minimum Gasteiger partial charge on any atom is -0.309 e. The minimum absolute atomic E-state index is 0.103. The van der Waals surface area contributed by atoms with Crippen molar-refractivity contribution in [1.29, 1.82) is 0 Å². The van der Waals surface area contributed by atoms with E-state index >= 15 is 0 Å². The van der Waals surface area contributed by atoms with Crippen LogP contribution in [0.1, 0.15) is 24.3 Å². The van der Waals surface area contributed by atoms with Crippen molar-refractivity contribution in [2.75, 3.05) is 12.4 Å². The van der Waals surface area contributed by atoms with E-state index < -0.39 is 0 Å². The van der Waals surface area contributed by atoms with E-state index in [9.17, 15) is 9.59 Å². The quantitative estimate of drug-likeness (QED) is 0.749. The van der Waals surface area contributed by atoms with Crippen LogP contribution in [0.2, 0.25) is 0 Å². The molecule has 6 heteroatoms. The highest BCUT2D eigenvalue weighted by atomic mass is 32.1. The highest BCUT2D eigenvalue weighted by molar-refractivity contribution is 7.14. The molecule has 0 fully saturated rings. The van der Waals surface area contributed by atoms with Crippen LogP contribution in [-0.2, 0) is 4.79 Å². The third kappa shape index (κ3) is 3.10. The first-order valence-electron chi connectivity index (χ1n) is 4.49. The van der Waals surface area contributed by atoms with Crippen LogP contribution >= 0.6 is 11.3 Å². The first kappa shape index (κ1) is 11.8. The smallest absolute Gasteiger partial charge is 0.242 e. The molecule has 1 rings (SSSR count). The molecule has 5 nitrogen and oxygen atoms in total. The molecule has 1 atom stereocenters. The molecule has 15 heavy (non-hydrogen) atoms. The van der Waals surface area contributed by atoms with Gasteiger partial charge in [-0.2, -0.15) is 0 Å². The molecule has 2 N–H and O–H groups in total. The van der Waals surface area contributed by atoms with Crippen LogP contribution in [0.4, 0.5) is 5.13 Å². The van der Waals surface area contributed by atoms with Crippen molar-refractivity contribution >= 4 is 28.2 Å². The predicted molar refractivity (Wildman–Crippen MR) is 59.3 cm³/mol. The van der Waals surface area contributed by atoms with Crippen molar-refractivity contribution in [3.63, 3.8) is 0 Å². The summed E-state index contributed by atoms with van der Waals surface area (Å²) >= 11 is 1.24. The van der Waals surface area contributed by atoms with Gasteiger partial charge < -0.3 is 10.6 Å². The van der Waals surface area contributed by atoms with Crippen LogP contribution in [0.3, 0.4) is 0 Å². The lowest BCUT2D eigenvalue weighted by molar-refractivity contribution is -0.117. The van der Waals surface area contributed by atoms with Gasteiger partial charge in [0.05, 0.1) is 6.04 Å². The van der Waals surface area contributed by atoms with E-state index in [0.29, 0.717) is 10.8 Å². The monoisotopic (exact) mass is 227 g/mol. The van der Waals surface area contributed by atoms with E-state index in [2.05, 4.69) is 15.6 Å². The Hall–Kier alpha value is -1.27. The highest BCUT2D eigenvalue weighted by Gasteiger charge is 2.13. The van der Waals surface area contributed by atoms with Gasteiger partial charge in [0.15, 0.2) is 10.9 Å². The number of likely N-dealkylation sites (N-methyl/N-ethyl adjacent to an activating group) is 1. The van der Waals surface area contributed by atoms with Crippen molar-refractivity contribution in [1.82, 2.24) is 10.3 Å². The lowest BCUT2D eigenvalue weighted by Crippen LogP contribution is -2.35. The van der Waals surface area contributed by atoms with Gasteiger partial charge >= 0.3 is 0 Å². The van der Waals surface area contributed by atoms with Crippen LogP contribution in [0.25, 0.3) is 0 Å². The predicted octanol–water partition coefficient (Wildman–Crippen LogP) is 0.892. The second kappa shape index (κ2) is 4.99. The third-order valence-electron chi connectivity index (χ3n) is 1.92. The number of aromatic nitrogens is 1. The summed E-state index contributed by atoms with van der Waals surface area (Å²) in [4.78, 5) is 26.4. The summed E-state index contributed by atoms with van der Waals surface area (Å²) in [7, 11) is 1.70. The molecular formula is C9H13N3O2S. The average molecular weight is 227 g/mol. The number of carbonyl (C=O) groups is 2.